The minimum absolute atomic E-state index is 0.0339. The lowest BCUT2D eigenvalue weighted by atomic mass is 9.97. The first kappa shape index (κ1) is 13.5. The molecule has 19 heavy (non-hydrogen) atoms. The molecule has 3 N–H and O–H groups in total. The normalized spacial score (nSPS) is 20.1. The maximum Gasteiger partial charge on any atom is 0.251 e. The summed E-state index contributed by atoms with van der Waals surface area (Å²) in [6.45, 7) is 5.69. The number of anilines is 1. The van der Waals surface area contributed by atoms with E-state index in [-0.39, 0.29) is 24.4 Å². The van der Waals surface area contributed by atoms with Crippen LogP contribution in [0.4, 0.5) is 5.69 Å². The van der Waals surface area contributed by atoms with E-state index in [2.05, 4.69) is 5.32 Å². The standard InChI is InChI=1S/C14H19N3O2/c1-9(15)10-4-6-11(7-5-10)17-8-12(18)16-13(19)14(17,2)3/h4-7,9H,8,15H2,1-3H3,(H,16,18,19). The van der Waals surface area contributed by atoms with Crippen molar-refractivity contribution in [2.75, 3.05) is 11.4 Å². The van der Waals surface area contributed by atoms with Crippen molar-refractivity contribution in [3.8, 4) is 0 Å². The van der Waals surface area contributed by atoms with Crippen molar-refractivity contribution in [1.29, 1.82) is 0 Å². The minimum Gasteiger partial charge on any atom is -0.348 e. The van der Waals surface area contributed by atoms with E-state index in [1.54, 1.807) is 18.7 Å². The summed E-state index contributed by atoms with van der Waals surface area (Å²) in [7, 11) is 0. The summed E-state index contributed by atoms with van der Waals surface area (Å²) in [5.41, 5.74) is 6.93. The van der Waals surface area contributed by atoms with Gasteiger partial charge in [0.15, 0.2) is 0 Å². The molecule has 0 bridgehead atoms. The predicted molar refractivity (Wildman–Crippen MR) is 73.6 cm³/mol. The van der Waals surface area contributed by atoms with E-state index in [1.807, 2.05) is 31.2 Å². The molecule has 5 nitrogen and oxygen atoms in total. The van der Waals surface area contributed by atoms with Crippen LogP contribution >= 0.6 is 0 Å². The van der Waals surface area contributed by atoms with E-state index in [4.69, 9.17) is 5.73 Å². The Kier molecular flexibility index (Phi) is 3.32. The van der Waals surface area contributed by atoms with Crippen LogP contribution in [0.2, 0.25) is 0 Å². The highest BCUT2D eigenvalue weighted by atomic mass is 16.2. The highest BCUT2D eigenvalue weighted by molar-refractivity contribution is 6.06. The van der Waals surface area contributed by atoms with Crippen molar-refractivity contribution in [1.82, 2.24) is 5.32 Å². The van der Waals surface area contributed by atoms with Crippen LogP contribution in [0.1, 0.15) is 32.4 Å². The van der Waals surface area contributed by atoms with E-state index in [1.165, 1.54) is 0 Å². The van der Waals surface area contributed by atoms with Gasteiger partial charge < -0.3 is 10.6 Å². The Morgan fingerprint density at radius 3 is 2.37 bits per heavy atom. The van der Waals surface area contributed by atoms with Gasteiger partial charge in [-0.05, 0) is 38.5 Å². The van der Waals surface area contributed by atoms with E-state index in [0.717, 1.165) is 11.3 Å². The summed E-state index contributed by atoms with van der Waals surface area (Å²) in [6.07, 6.45) is 0. The number of nitrogens with one attached hydrogen (secondary N) is 1. The van der Waals surface area contributed by atoms with Crippen LogP contribution in [0.25, 0.3) is 0 Å². The number of rotatable bonds is 2. The van der Waals surface area contributed by atoms with E-state index in [0.29, 0.717) is 0 Å². The van der Waals surface area contributed by atoms with E-state index < -0.39 is 5.54 Å². The third-order valence-electron chi connectivity index (χ3n) is 3.52. The van der Waals surface area contributed by atoms with Crippen molar-refractivity contribution in [3.05, 3.63) is 29.8 Å². The lowest BCUT2D eigenvalue weighted by Crippen LogP contribution is -2.64. The molecule has 2 amide bonds. The molecule has 1 heterocycles. The maximum absolute atomic E-state index is 11.9. The van der Waals surface area contributed by atoms with Crippen molar-refractivity contribution in [2.45, 2.75) is 32.4 Å². The average Bonchev–Trinajstić information content (AvgIpc) is 2.34. The van der Waals surface area contributed by atoms with Gasteiger partial charge >= 0.3 is 0 Å². The second-order valence-corrected chi connectivity index (χ2v) is 5.40. The third kappa shape index (κ3) is 2.46. The van der Waals surface area contributed by atoms with Gasteiger partial charge in [0, 0.05) is 11.7 Å². The summed E-state index contributed by atoms with van der Waals surface area (Å²) in [5, 5.41) is 2.36. The molecular formula is C14H19N3O2. The Morgan fingerprint density at radius 2 is 1.84 bits per heavy atom. The monoisotopic (exact) mass is 261 g/mol. The highest BCUT2D eigenvalue weighted by Gasteiger charge is 2.40. The fourth-order valence-corrected chi connectivity index (χ4v) is 2.15. The number of carbonyl (C=O) groups is 2. The topological polar surface area (TPSA) is 75.4 Å². The molecule has 1 atom stereocenters. The Hall–Kier alpha value is -1.88. The number of amides is 2. The van der Waals surface area contributed by atoms with Crippen LogP contribution in [0.3, 0.4) is 0 Å². The summed E-state index contributed by atoms with van der Waals surface area (Å²) in [6, 6.07) is 7.60. The molecule has 0 radical (unpaired) electrons. The number of piperazine rings is 1. The number of benzene rings is 1. The van der Waals surface area contributed by atoms with Crippen LogP contribution in [0.15, 0.2) is 24.3 Å². The van der Waals surface area contributed by atoms with Gasteiger partial charge in [-0.3, -0.25) is 14.9 Å². The summed E-state index contributed by atoms with van der Waals surface area (Å²) < 4.78 is 0. The van der Waals surface area contributed by atoms with Crippen LogP contribution in [0.5, 0.6) is 0 Å². The zero-order chi connectivity index (χ0) is 14.2. The number of hydrogen-bond donors (Lipinski definition) is 2. The van der Waals surface area contributed by atoms with E-state index in [9.17, 15) is 9.59 Å². The SMILES string of the molecule is CC(N)c1ccc(N2CC(=O)NC(=O)C2(C)C)cc1. The maximum atomic E-state index is 11.9. The summed E-state index contributed by atoms with van der Waals surface area (Å²) >= 11 is 0. The average molecular weight is 261 g/mol. The molecule has 5 heteroatoms. The molecule has 0 spiro atoms. The van der Waals surface area contributed by atoms with Crippen LogP contribution in [0, 0.1) is 0 Å². The van der Waals surface area contributed by atoms with E-state index >= 15 is 0 Å². The van der Waals surface area contributed by atoms with Crippen LogP contribution < -0.4 is 16.0 Å². The minimum atomic E-state index is -0.746. The Morgan fingerprint density at radius 1 is 1.26 bits per heavy atom. The van der Waals surface area contributed by atoms with Gasteiger partial charge in [-0.25, -0.2) is 0 Å². The fraction of sp³-hybridized carbons (Fsp3) is 0.429. The number of imide groups is 1. The molecule has 102 valence electrons. The quantitative estimate of drug-likeness (QED) is 0.777. The molecule has 0 aliphatic carbocycles. The predicted octanol–water partition coefficient (Wildman–Crippen LogP) is 0.948. The van der Waals surface area contributed by atoms with Gasteiger partial charge in [0.1, 0.15) is 5.54 Å². The Labute approximate surface area is 112 Å². The van der Waals surface area contributed by atoms with Crippen molar-refractivity contribution >= 4 is 17.5 Å². The lowest BCUT2D eigenvalue weighted by Gasteiger charge is -2.41. The van der Waals surface area contributed by atoms with Crippen LogP contribution in [-0.4, -0.2) is 23.9 Å². The number of nitrogens with two attached hydrogens (primary N) is 1. The first-order valence-electron chi connectivity index (χ1n) is 6.30. The second kappa shape index (κ2) is 4.66. The molecule has 1 fully saturated rings. The zero-order valence-electron chi connectivity index (χ0n) is 11.4. The first-order chi connectivity index (χ1) is 8.82. The smallest absolute Gasteiger partial charge is 0.251 e. The molecule has 2 rings (SSSR count). The van der Waals surface area contributed by atoms with Crippen molar-refractivity contribution < 1.29 is 9.59 Å². The first-order valence-corrected chi connectivity index (χ1v) is 6.30. The van der Waals surface area contributed by atoms with Gasteiger partial charge in [-0.2, -0.15) is 0 Å². The molecule has 1 saturated heterocycles. The number of carbonyl (C=O) groups excluding carboxylic acids is 2. The van der Waals surface area contributed by atoms with Gasteiger partial charge in [0.05, 0.1) is 6.54 Å². The molecule has 1 unspecified atom stereocenters. The molecule has 0 aromatic heterocycles. The largest absolute Gasteiger partial charge is 0.348 e. The molecule has 0 saturated carbocycles. The van der Waals surface area contributed by atoms with Crippen molar-refractivity contribution in [3.63, 3.8) is 0 Å². The number of hydrogen-bond acceptors (Lipinski definition) is 4. The highest BCUT2D eigenvalue weighted by Crippen LogP contribution is 2.27. The zero-order valence-corrected chi connectivity index (χ0v) is 11.4. The van der Waals surface area contributed by atoms with Gasteiger partial charge in [-0.15, -0.1) is 0 Å². The lowest BCUT2D eigenvalue weighted by molar-refractivity contribution is -0.135. The molecular weight excluding hydrogens is 242 g/mol. The Bertz CT molecular complexity index is 506. The van der Waals surface area contributed by atoms with Gasteiger partial charge in [0.2, 0.25) is 5.91 Å². The molecule has 1 aliphatic rings. The molecule has 1 aromatic carbocycles. The van der Waals surface area contributed by atoms with Crippen LogP contribution in [-0.2, 0) is 9.59 Å². The third-order valence-corrected chi connectivity index (χ3v) is 3.52. The van der Waals surface area contributed by atoms with Gasteiger partial charge in [-0.1, -0.05) is 12.1 Å². The Balaban J connectivity index is 2.33. The number of nitrogens with zero attached hydrogens (tertiary/aromatic N) is 1. The fourth-order valence-electron chi connectivity index (χ4n) is 2.15. The van der Waals surface area contributed by atoms with Crippen molar-refractivity contribution in [2.24, 2.45) is 5.73 Å². The van der Waals surface area contributed by atoms with Gasteiger partial charge in [0.25, 0.3) is 5.91 Å². The summed E-state index contributed by atoms with van der Waals surface area (Å²) in [5.74, 6) is -0.555. The summed E-state index contributed by atoms with van der Waals surface area (Å²) in [4.78, 5) is 25.2. The molecule has 1 aromatic rings. The second-order valence-electron chi connectivity index (χ2n) is 5.40. The molecule has 1 aliphatic heterocycles.